The molecule has 1 aromatic carbocycles. The summed E-state index contributed by atoms with van der Waals surface area (Å²) in [6.07, 6.45) is 0. The second kappa shape index (κ2) is 5.88. The monoisotopic (exact) mass is 240 g/mol. The molecular weight excluding hydrogens is 228 g/mol. The van der Waals surface area contributed by atoms with Crippen molar-refractivity contribution in [3.8, 4) is 5.75 Å². The molecule has 0 unspecified atom stereocenters. The highest BCUT2D eigenvalue weighted by molar-refractivity contribution is 8.22. The van der Waals surface area contributed by atoms with E-state index in [-0.39, 0.29) is 5.78 Å². The number of benzene rings is 1. The Kier molecular flexibility index (Phi) is 4.78. The molecule has 15 heavy (non-hydrogen) atoms. The molecule has 1 aromatic rings. The van der Waals surface area contributed by atoms with Gasteiger partial charge in [-0.1, -0.05) is 18.7 Å². The van der Waals surface area contributed by atoms with E-state index in [1.807, 2.05) is 6.92 Å². The molecule has 4 heteroatoms. The molecule has 0 bridgehead atoms. The van der Waals surface area contributed by atoms with Crippen molar-refractivity contribution in [3.05, 3.63) is 29.8 Å². The summed E-state index contributed by atoms with van der Waals surface area (Å²) in [4.78, 5) is 11.0. The third kappa shape index (κ3) is 4.01. The second-order valence-electron chi connectivity index (χ2n) is 2.87. The summed E-state index contributed by atoms with van der Waals surface area (Å²) >= 11 is 6.47. The average Bonchev–Trinajstić information content (AvgIpc) is 2.18. The van der Waals surface area contributed by atoms with Gasteiger partial charge in [0.05, 0.1) is 0 Å². The first kappa shape index (κ1) is 12.2. The number of carbonyl (C=O) groups excluding carboxylic acids is 1. The van der Waals surface area contributed by atoms with E-state index in [1.54, 1.807) is 24.3 Å². The van der Waals surface area contributed by atoms with Crippen molar-refractivity contribution < 1.29 is 9.53 Å². The van der Waals surface area contributed by atoms with E-state index in [4.69, 9.17) is 17.0 Å². The standard InChI is InChI=1S/C11H12O2S2/c1-3-15-11(14)13-10-6-4-9(5-7-10)8(2)12/h4-7H,3H2,1-2H3. The topological polar surface area (TPSA) is 26.3 Å². The Morgan fingerprint density at radius 3 is 2.47 bits per heavy atom. The van der Waals surface area contributed by atoms with Gasteiger partial charge in [-0.2, -0.15) is 0 Å². The highest BCUT2D eigenvalue weighted by Gasteiger charge is 2.02. The van der Waals surface area contributed by atoms with E-state index in [0.29, 0.717) is 15.7 Å². The van der Waals surface area contributed by atoms with Gasteiger partial charge in [0, 0.05) is 5.56 Å². The van der Waals surface area contributed by atoms with Crippen LogP contribution in [0.2, 0.25) is 0 Å². The van der Waals surface area contributed by atoms with Crippen LogP contribution in [0.5, 0.6) is 5.75 Å². The minimum Gasteiger partial charge on any atom is -0.440 e. The molecule has 0 spiro atoms. The molecule has 1 rings (SSSR count). The van der Waals surface area contributed by atoms with Crippen LogP contribution >= 0.6 is 24.0 Å². The fourth-order valence-corrected chi connectivity index (χ4v) is 1.84. The van der Waals surface area contributed by atoms with Crippen molar-refractivity contribution in [1.29, 1.82) is 0 Å². The minimum absolute atomic E-state index is 0.0482. The predicted octanol–water partition coefficient (Wildman–Crippen LogP) is 3.31. The SMILES string of the molecule is CCSC(=S)Oc1ccc(C(C)=O)cc1. The van der Waals surface area contributed by atoms with Crippen LogP contribution in [0.25, 0.3) is 0 Å². The van der Waals surface area contributed by atoms with Crippen LogP contribution in [-0.4, -0.2) is 15.9 Å². The summed E-state index contributed by atoms with van der Waals surface area (Å²) in [6.45, 7) is 3.55. The number of rotatable bonds is 3. The zero-order valence-corrected chi connectivity index (χ0v) is 10.3. The highest BCUT2D eigenvalue weighted by Crippen LogP contribution is 2.16. The third-order valence-corrected chi connectivity index (χ3v) is 2.77. The molecule has 0 radical (unpaired) electrons. The van der Waals surface area contributed by atoms with Crippen LogP contribution in [0, 0.1) is 0 Å². The largest absolute Gasteiger partial charge is 0.440 e. The molecule has 0 atom stereocenters. The molecule has 0 aliphatic carbocycles. The lowest BCUT2D eigenvalue weighted by molar-refractivity contribution is 0.101. The molecule has 2 nitrogen and oxygen atoms in total. The number of thioether (sulfide) groups is 1. The Balaban J connectivity index is 2.64. The van der Waals surface area contributed by atoms with Crippen LogP contribution in [0.4, 0.5) is 0 Å². The van der Waals surface area contributed by atoms with E-state index in [9.17, 15) is 4.79 Å². The van der Waals surface area contributed by atoms with Crippen LogP contribution in [-0.2, 0) is 0 Å². The molecule has 0 aliphatic rings. The van der Waals surface area contributed by atoms with Gasteiger partial charge in [0.1, 0.15) is 5.75 Å². The Labute approximate surface area is 99.0 Å². The molecule has 0 heterocycles. The van der Waals surface area contributed by atoms with Crippen molar-refractivity contribution in [1.82, 2.24) is 0 Å². The average molecular weight is 240 g/mol. The first-order chi connectivity index (χ1) is 7.13. The van der Waals surface area contributed by atoms with Crippen molar-refractivity contribution in [2.45, 2.75) is 13.8 Å². The summed E-state index contributed by atoms with van der Waals surface area (Å²) in [6, 6.07) is 6.96. The second-order valence-corrected chi connectivity index (χ2v) is 4.73. The maximum absolute atomic E-state index is 11.0. The van der Waals surface area contributed by atoms with Crippen LogP contribution in [0.15, 0.2) is 24.3 Å². The van der Waals surface area contributed by atoms with E-state index in [1.165, 1.54) is 18.7 Å². The predicted molar refractivity (Wildman–Crippen MR) is 67.8 cm³/mol. The molecule has 0 amide bonds. The zero-order valence-electron chi connectivity index (χ0n) is 8.65. The molecule has 0 N–H and O–H groups in total. The van der Waals surface area contributed by atoms with Gasteiger partial charge in [-0.05, 0) is 49.2 Å². The number of ether oxygens (including phenoxy) is 1. The van der Waals surface area contributed by atoms with Gasteiger partial charge in [0.15, 0.2) is 5.78 Å². The van der Waals surface area contributed by atoms with Gasteiger partial charge < -0.3 is 4.74 Å². The Bertz CT molecular complexity index is 357. The number of ketones is 1. The van der Waals surface area contributed by atoms with E-state index < -0.39 is 0 Å². The van der Waals surface area contributed by atoms with Crippen molar-refractivity contribution >= 4 is 34.1 Å². The van der Waals surface area contributed by atoms with Crippen LogP contribution in [0.3, 0.4) is 0 Å². The van der Waals surface area contributed by atoms with Crippen molar-refractivity contribution in [3.63, 3.8) is 0 Å². The normalized spacial score (nSPS) is 9.73. The van der Waals surface area contributed by atoms with Crippen molar-refractivity contribution in [2.24, 2.45) is 0 Å². The zero-order chi connectivity index (χ0) is 11.3. The Morgan fingerprint density at radius 2 is 2.00 bits per heavy atom. The van der Waals surface area contributed by atoms with Gasteiger partial charge >= 0.3 is 0 Å². The van der Waals surface area contributed by atoms with E-state index in [2.05, 4.69) is 0 Å². The maximum atomic E-state index is 11.0. The molecule has 0 aliphatic heterocycles. The lowest BCUT2D eigenvalue weighted by Crippen LogP contribution is -2.00. The summed E-state index contributed by atoms with van der Waals surface area (Å²) < 4.78 is 5.88. The van der Waals surface area contributed by atoms with Gasteiger partial charge in [-0.3, -0.25) is 4.79 Å². The Morgan fingerprint density at radius 1 is 1.40 bits per heavy atom. The quantitative estimate of drug-likeness (QED) is 0.598. The lowest BCUT2D eigenvalue weighted by Gasteiger charge is -2.05. The number of hydrogen-bond donors (Lipinski definition) is 0. The first-order valence-electron chi connectivity index (χ1n) is 4.59. The van der Waals surface area contributed by atoms with Gasteiger partial charge in [0.25, 0.3) is 0 Å². The lowest BCUT2D eigenvalue weighted by atomic mass is 10.1. The van der Waals surface area contributed by atoms with Gasteiger partial charge in [-0.15, -0.1) is 0 Å². The fourth-order valence-electron chi connectivity index (χ4n) is 1.00. The molecule has 0 saturated carbocycles. The highest BCUT2D eigenvalue weighted by atomic mass is 32.2. The Hall–Kier alpha value is -0.870. The molecular formula is C11H12O2S2. The smallest absolute Gasteiger partial charge is 0.225 e. The summed E-state index contributed by atoms with van der Waals surface area (Å²) in [7, 11) is 0. The molecule has 80 valence electrons. The molecule has 0 aromatic heterocycles. The first-order valence-corrected chi connectivity index (χ1v) is 5.98. The molecule has 0 fully saturated rings. The van der Waals surface area contributed by atoms with Crippen LogP contribution < -0.4 is 4.74 Å². The van der Waals surface area contributed by atoms with Crippen molar-refractivity contribution in [2.75, 3.05) is 5.75 Å². The van der Waals surface area contributed by atoms with Gasteiger partial charge in [-0.25, -0.2) is 0 Å². The van der Waals surface area contributed by atoms with Crippen LogP contribution in [0.1, 0.15) is 24.2 Å². The van der Waals surface area contributed by atoms with Gasteiger partial charge in [0.2, 0.25) is 4.38 Å². The molecule has 0 saturated heterocycles. The number of carbonyl (C=O) groups is 1. The number of thiocarbonyl (C=S) groups is 1. The summed E-state index contributed by atoms with van der Waals surface area (Å²) in [5.41, 5.74) is 0.677. The third-order valence-electron chi connectivity index (χ3n) is 1.72. The summed E-state index contributed by atoms with van der Waals surface area (Å²) in [5, 5.41) is 0. The van der Waals surface area contributed by atoms with E-state index >= 15 is 0 Å². The maximum Gasteiger partial charge on any atom is 0.225 e. The summed E-state index contributed by atoms with van der Waals surface area (Å²) in [5.74, 6) is 1.61. The minimum atomic E-state index is 0.0482. The van der Waals surface area contributed by atoms with E-state index in [0.717, 1.165) is 5.75 Å². The fraction of sp³-hybridized carbons (Fsp3) is 0.273. The number of Topliss-reactive ketones (excluding diaryl/α,β-unsaturated/α-hetero) is 1. The number of hydrogen-bond acceptors (Lipinski definition) is 4.